The van der Waals surface area contributed by atoms with Gasteiger partial charge in [0, 0.05) is 19.1 Å². The quantitative estimate of drug-likeness (QED) is 0.641. The van der Waals surface area contributed by atoms with Crippen LogP contribution in [-0.4, -0.2) is 86.6 Å². The Labute approximate surface area is 130 Å². The largest absolute Gasteiger partial charge is 0.341 e. The van der Waals surface area contributed by atoms with Crippen molar-refractivity contribution in [2.45, 2.75) is 39.2 Å². The molecule has 0 bridgehead atoms. The summed E-state index contributed by atoms with van der Waals surface area (Å²) < 4.78 is 0. The summed E-state index contributed by atoms with van der Waals surface area (Å²) in [5.41, 5.74) is 0. The predicted molar refractivity (Wildman–Crippen MR) is 88.6 cm³/mol. The van der Waals surface area contributed by atoms with Gasteiger partial charge in [-0.25, -0.2) is 0 Å². The van der Waals surface area contributed by atoms with Crippen LogP contribution in [0.3, 0.4) is 0 Å². The van der Waals surface area contributed by atoms with E-state index in [9.17, 15) is 4.79 Å². The van der Waals surface area contributed by atoms with Crippen molar-refractivity contribution in [2.75, 3.05) is 59.9 Å². The molecular weight excluding hydrogens is 264 g/mol. The molecule has 5 heteroatoms. The van der Waals surface area contributed by atoms with E-state index in [-0.39, 0.29) is 5.91 Å². The Kier molecular flexibility index (Phi) is 8.88. The van der Waals surface area contributed by atoms with E-state index in [1.54, 1.807) is 0 Å². The first-order valence-corrected chi connectivity index (χ1v) is 8.45. The Bertz CT molecular complexity index is 284. The van der Waals surface area contributed by atoms with Crippen molar-refractivity contribution in [3.05, 3.63) is 0 Å². The number of piperidine rings is 1. The number of nitrogens with one attached hydrogen (secondary N) is 1. The van der Waals surface area contributed by atoms with E-state index >= 15 is 0 Å². The molecule has 0 aromatic heterocycles. The third-order valence-electron chi connectivity index (χ3n) is 4.28. The second-order valence-electron chi connectivity index (χ2n) is 6.23. The van der Waals surface area contributed by atoms with Crippen LogP contribution in [0.15, 0.2) is 0 Å². The highest BCUT2D eigenvalue weighted by atomic mass is 16.2. The summed E-state index contributed by atoms with van der Waals surface area (Å²) in [4.78, 5) is 18.4. The van der Waals surface area contributed by atoms with Crippen LogP contribution in [0, 0.1) is 0 Å². The van der Waals surface area contributed by atoms with E-state index in [0.29, 0.717) is 12.6 Å². The van der Waals surface area contributed by atoms with Crippen LogP contribution in [0.5, 0.6) is 0 Å². The molecule has 1 aliphatic heterocycles. The normalized spacial score (nSPS) is 17.0. The third kappa shape index (κ3) is 7.25. The fraction of sp³-hybridized carbons (Fsp3) is 0.938. The van der Waals surface area contributed by atoms with E-state index in [1.165, 1.54) is 13.0 Å². The Balaban J connectivity index is 2.12. The lowest BCUT2D eigenvalue weighted by Gasteiger charge is -2.33. The molecule has 0 aromatic carbocycles. The summed E-state index contributed by atoms with van der Waals surface area (Å²) in [6.45, 7) is 11.3. The molecule has 0 unspecified atom stereocenters. The summed E-state index contributed by atoms with van der Waals surface area (Å²) in [5, 5.41) is 3.65. The third-order valence-corrected chi connectivity index (χ3v) is 4.28. The molecule has 0 saturated carbocycles. The summed E-state index contributed by atoms with van der Waals surface area (Å²) in [7, 11) is 3.89. The van der Waals surface area contributed by atoms with Gasteiger partial charge >= 0.3 is 0 Å². The van der Waals surface area contributed by atoms with Crippen molar-refractivity contribution < 1.29 is 4.79 Å². The van der Waals surface area contributed by atoms with Gasteiger partial charge in [-0.2, -0.15) is 0 Å². The molecular formula is C16H34N4O. The molecule has 0 radical (unpaired) electrons. The smallest absolute Gasteiger partial charge is 0.236 e. The Morgan fingerprint density at radius 1 is 1.19 bits per heavy atom. The highest BCUT2D eigenvalue weighted by Crippen LogP contribution is 2.10. The van der Waals surface area contributed by atoms with Crippen LogP contribution in [0.25, 0.3) is 0 Å². The summed E-state index contributed by atoms with van der Waals surface area (Å²) in [6, 6.07) is 0.588. The number of carbonyl (C=O) groups is 1. The van der Waals surface area contributed by atoms with Gasteiger partial charge in [-0.3, -0.25) is 4.79 Å². The number of carbonyl (C=O) groups excluding carboxylic acids is 1. The van der Waals surface area contributed by atoms with E-state index in [4.69, 9.17) is 0 Å². The lowest BCUT2D eigenvalue weighted by Crippen LogP contribution is -2.47. The first-order chi connectivity index (χ1) is 10.1. The van der Waals surface area contributed by atoms with Crippen molar-refractivity contribution >= 4 is 5.91 Å². The van der Waals surface area contributed by atoms with Crippen molar-refractivity contribution in [3.63, 3.8) is 0 Å². The SMILES string of the molecule is CCN(CC)CCCNC1CCN(C(=O)CN(C)C)CC1. The molecule has 1 rings (SSSR count). The molecule has 1 N–H and O–H groups in total. The summed E-state index contributed by atoms with van der Waals surface area (Å²) in [5.74, 6) is 0.264. The number of likely N-dealkylation sites (tertiary alicyclic amines) is 1. The average Bonchev–Trinajstić information content (AvgIpc) is 2.47. The zero-order valence-electron chi connectivity index (χ0n) is 14.4. The van der Waals surface area contributed by atoms with Gasteiger partial charge in [0.15, 0.2) is 0 Å². The predicted octanol–water partition coefficient (Wildman–Crippen LogP) is 0.861. The minimum absolute atomic E-state index is 0.264. The maximum Gasteiger partial charge on any atom is 0.236 e. The fourth-order valence-electron chi connectivity index (χ4n) is 2.85. The van der Waals surface area contributed by atoms with Crippen LogP contribution in [-0.2, 0) is 4.79 Å². The average molecular weight is 298 g/mol. The number of rotatable bonds is 9. The minimum atomic E-state index is 0.264. The monoisotopic (exact) mass is 298 g/mol. The first kappa shape index (κ1) is 18.4. The van der Waals surface area contributed by atoms with Gasteiger partial charge in [-0.15, -0.1) is 0 Å². The zero-order valence-corrected chi connectivity index (χ0v) is 14.4. The van der Waals surface area contributed by atoms with Gasteiger partial charge in [0.05, 0.1) is 6.54 Å². The molecule has 1 aliphatic rings. The van der Waals surface area contributed by atoms with Gasteiger partial charge < -0.3 is 20.0 Å². The van der Waals surface area contributed by atoms with Crippen LogP contribution in [0.2, 0.25) is 0 Å². The van der Waals surface area contributed by atoms with Gasteiger partial charge in [-0.05, 0) is 59.5 Å². The van der Waals surface area contributed by atoms with E-state index in [2.05, 4.69) is 24.1 Å². The highest BCUT2D eigenvalue weighted by Gasteiger charge is 2.22. The number of nitrogens with zero attached hydrogens (tertiary/aromatic N) is 3. The molecule has 1 saturated heterocycles. The van der Waals surface area contributed by atoms with Gasteiger partial charge in [0.25, 0.3) is 0 Å². The van der Waals surface area contributed by atoms with Crippen LogP contribution < -0.4 is 5.32 Å². The summed E-state index contributed by atoms with van der Waals surface area (Å²) in [6.07, 6.45) is 3.39. The molecule has 0 aliphatic carbocycles. The lowest BCUT2D eigenvalue weighted by atomic mass is 10.0. The second-order valence-corrected chi connectivity index (χ2v) is 6.23. The zero-order chi connectivity index (χ0) is 15.7. The van der Waals surface area contributed by atoms with Gasteiger partial charge in [-0.1, -0.05) is 13.8 Å². The number of hydrogen-bond acceptors (Lipinski definition) is 4. The molecule has 21 heavy (non-hydrogen) atoms. The van der Waals surface area contributed by atoms with Crippen molar-refractivity contribution in [1.82, 2.24) is 20.0 Å². The van der Waals surface area contributed by atoms with Gasteiger partial charge in [0.2, 0.25) is 5.91 Å². The van der Waals surface area contributed by atoms with E-state index in [0.717, 1.165) is 45.6 Å². The number of hydrogen-bond donors (Lipinski definition) is 1. The Morgan fingerprint density at radius 2 is 1.81 bits per heavy atom. The lowest BCUT2D eigenvalue weighted by molar-refractivity contribution is -0.132. The maximum atomic E-state index is 12.0. The molecule has 124 valence electrons. The van der Waals surface area contributed by atoms with Crippen molar-refractivity contribution in [1.29, 1.82) is 0 Å². The molecule has 5 nitrogen and oxygen atoms in total. The molecule has 0 spiro atoms. The van der Waals surface area contributed by atoms with E-state index in [1.807, 2.05) is 23.9 Å². The first-order valence-electron chi connectivity index (χ1n) is 8.45. The summed E-state index contributed by atoms with van der Waals surface area (Å²) >= 11 is 0. The van der Waals surface area contributed by atoms with Crippen molar-refractivity contribution in [2.24, 2.45) is 0 Å². The number of amides is 1. The molecule has 1 amide bonds. The number of likely N-dealkylation sites (N-methyl/N-ethyl adjacent to an activating group) is 1. The van der Waals surface area contributed by atoms with E-state index < -0.39 is 0 Å². The molecule has 1 fully saturated rings. The van der Waals surface area contributed by atoms with Crippen LogP contribution in [0.1, 0.15) is 33.1 Å². The molecule has 0 aromatic rings. The Hall–Kier alpha value is -0.650. The molecule has 0 atom stereocenters. The maximum absolute atomic E-state index is 12.0. The van der Waals surface area contributed by atoms with Gasteiger partial charge in [0.1, 0.15) is 0 Å². The topological polar surface area (TPSA) is 38.8 Å². The fourth-order valence-corrected chi connectivity index (χ4v) is 2.85. The van der Waals surface area contributed by atoms with Crippen molar-refractivity contribution in [3.8, 4) is 0 Å². The standard InChI is InChI=1S/C16H34N4O/c1-5-19(6-2)11-7-10-17-15-8-12-20(13-9-15)16(21)14-18(3)4/h15,17H,5-14H2,1-4H3. The van der Waals surface area contributed by atoms with Crippen LogP contribution in [0.4, 0.5) is 0 Å². The Morgan fingerprint density at radius 3 is 2.33 bits per heavy atom. The minimum Gasteiger partial charge on any atom is -0.341 e. The van der Waals surface area contributed by atoms with Crippen LogP contribution >= 0.6 is 0 Å². The second kappa shape index (κ2) is 10.1. The highest BCUT2D eigenvalue weighted by molar-refractivity contribution is 5.78. The molecule has 1 heterocycles.